The van der Waals surface area contributed by atoms with Crippen molar-refractivity contribution in [2.24, 2.45) is 5.92 Å². The fraction of sp³-hybridized carbons (Fsp3) is 0.621. The van der Waals surface area contributed by atoms with Crippen LogP contribution in [-0.4, -0.2) is 63.7 Å². The van der Waals surface area contributed by atoms with Gasteiger partial charge in [0.05, 0.1) is 6.54 Å². The first-order valence-corrected chi connectivity index (χ1v) is 12.7. The Kier molecular flexibility index (Phi) is 11.3. The second-order valence-electron chi connectivity index (χ2n) is 10.4. The van der Waals surface area contributed by atoms with Gasteiger partial charge in [-0.1, -0.05) is 43.6 Å². The number of carbonyl (C=O) groups excluding carboxylic acids is 1. The van der Waals surface area contributed by atoms with Crippen molar-refractivity contribution in [1.82, 2.24) is 9.80 Å². The molecule has 1 aromatic carbocycles. The topological polar surface area (TPSA) is 42.0 Å². The molecule has 0 N–H and O–H groups in total. The number of rotatable bonds is 13. The summed E-state index contributed by atoms with van der Waals surface area (Å²) < 4.78 is 12.5. The summed E-state index contributed by atoms with van der Waals surface area (Å²) in [5, 5.41) is 0. The van der Waals surface area contributed by atoms with Crippen LogP contribution in [0.25, 0.3) is 0 Å². The normalized spacial score (nSPS) is 18.2. The van der Waals surface area contributed by atoms with E-state index in [9.17, 15) is 4.79 Å². The molecule has 0 fully saturated rings. The van der Waals surface area contributed by atoms with Crippen molar-refractivity contribution in [3.63, 3.8) is 0 Å². The number of nitrogens with zero attached hydrogens (tertiary/aromatic N) is 2. The van der Waals surface area contributed by atoms with Crippen LogP contribution in [0, 0.1) is 5.92 Å². The third kappa shape index (κ3) is 8.59. The molecule has 5 nitrogen and oxygen atoms in total. The van der Waals surface area contributed by atoms with Gasteiger partial charge >= 0.3 is 5.97 Å². The molecular formula is C29H46N2O3. The summed E-state index contributed by atoms with van der Waals surface area (Å²) in [6.45, 7) is 12.4. The SMILES string of the molecule is C=C(C)C1CCC(C)=CC1c1c(OCCN(C)C)cc(CCCCC)cc1OC(=O)CN(C)C. The summed E-state index contributed by atoms with van der Waals surface area (Å²) in [5.41, 5.74) is 4.66. The highest BCUT2D eigenvalue weighted by atomic mass is 16.5. The molecule has 0 heterocycles. The molecule has 0 aliphatic heterocycles. The smallest absolute Gasteiger partial charge is 0.325 e. The van der Waals surface area contributed by atoms with E-state index in [1.165, 1.54) is 18.4 Å². The van der Waals surface area contributed by atoms with Crippen molar-refractivity contribution in [3.8, 4) is 11.5 Å². The van der Waals surface area contributed by atoms with E-state index in [1.807, 2.05) is 33.1 Å². The standard InChI is InChI=1S/C29H46N2O3/c1-9-10-11-12-23-18-26(33-16-15-30(5)6)29(27(19-23)34-28(32)20-31(7)8)25-17-22(4)13-14-24(25)21(2)3/h17-19,24-25H,2,9-16,20H2,1,3-8H3. The summed E-state index contributed by atoms with van der Waals surface area (Å²) in [7, 11) is 7.85. The van der Waals surface area contributed by atoms with E-state index in [0.717, 1.165) is 54.7 Å². The van der Waals surface area contributed by atoms with E-state index < -0.39 is 0 Å². The Morgan fingerprint density at radius 3 is 2.44 bits per heavy atom. The lowest BCUT2D eigenvalue weighted by molar-refractivity contribution is -0.135. The number of carbonyl (C=O) groups is 1. The monoisotopic (exact) mass is 470 g/mol. The number of hydrogen-bond acceptors (Lipinski definition) is 5. The predicted octanol–water partition coefficient (Wildman–Crippen LogP) is 5.84. The molecule has 34 heavy (non-hydrogen) atoms. The number of allylic oxidation sites excluding steroid dienone is 3. The van der Waals surface area contributed by atoms with Gasteiger partial charge in [0.15, 0.2) is 0 Å². The van der Waals surface area contributed by atoms with Crippen molar-refractivity contribution in [2.45, 2.75) is 65.2 Å². The average molecular weight is 471 g/mol. The first-order valence-electron chi connectivity index (χ1n) is 12.7. The number of benzene rings is 1. The molecule has 2 rings (SSSR count). The zero-order valence-corrected chi connectivity index (χ0v) is 22.6. The van der Waals surface area contributed by atoms with Gasteiger partial charge in [0.1, 0.15) is 18.1 Å². The maximum absolute atomic E-state index is 12.8. The van der Waals surface area contributed by atoms with E-state index in [4.69, 9.17) is 9.47 Å². The zero-order valence-electron chi connectivity index (χ0n) is 22.6. The second-order valence-corrected chi connectivity index (χ2v) is 10.4. The first-order chi connectivity index (χ1) is 16.1. The predicted molar refractivity (Wildman–Crippen MR) is 142 cm³/mol. The summed E-state index contributed by atoms with van der Waals surface area (Å²) >= 11 is 0. The van der Waals surface area contributed by atoms with Crippen molar-refractivity contribution < 1.29 is 14.3 Å². The van der Waals surface area contributed by atoms with Crippen LogP contribution in [0.4, 0.5) is 0 Å². The molecule has 2 atom stereocenters. The molecule has 0 saturated heterocycles. The molecule has 0 radical (unpaired) electrons. The highest BCUT2D eigenvalue weighted by Crippen LogP contribution is 2.47. The van der Waals surface area contributed by atoms with Gasteiger partial charge in [-0.2, -0.15) is 0 Å². The van der Waals surface area contributed by atoms with Crippen LogP contribution in [-0.2, 0) is 11.2 Å². The van der Waals surface area contributed by atoms with Crippen molar-refractivity contribution >= 4 is 5.97 Å². The van der Waals surface area contributed by atoms with Gasteiger partial charge < -0.3 is 14.4 Å². The number of ether oxygens (including phenoxy) is 2. The van der Waals surface area contributed by atoms with Crippen LogP contribution in [0.2, 0.25) is 0 Å². The van der Waals surface area contributed by atoms with Gasteiger partial charge in [-0.25, -0.2) is 0 Å². The molecular weight excluding hydrogens is 424 g/mol. The van der Waals surface area contributed by atoms with Gasteiger partial charge in [0.25, 0.3) is 0 Å². The average Bonchev–Trinajstić information content (AvgIpc) is 2.72. The van der Waals surface area contributed by atoms with Crippen molar-refractivity contribution in [1.29, 1.82) is 0 Å². The quantitative estimate of drug-likeness (QED) is 0.157. The van der Waals surface area contributed by atoms with Crippen molar-refractivity contribution in [3.05, 3.63) is 47.1 Å². The highest BCUT2D eigenvalue weighted by molar-refractivity contribution is 5.75. The maximum atomic E-state index is 12.8. The molecule has 190 valence electrons. The first kappa shape index (κ1) is 28.1. The minimum atomic E-state index is -0.250. The Morgan fingerprint density at radius 2 is 1.82 bits per heavy atom. The molecule has 0 saturated carbocycles. The van der Waals surface area contributed by atoms with Gasteiger partial charge in [-0.15, -0.1) is 0 Å². The van der Waals surface area contributed by atoms with Crippen LogP contribution >= 0.6 is 0 Å². The van der Waals surface area contributed by atoms with Gasteiger partial charge in [-0.05, 0) is 91.3 Å². The highest BCUT2D eigenvalue weighted by Gasteiger charge is 2.32. The fourth-order valence-electron chi connectivity index (χ4n) is 4.57. The molecule has 2 unspecified atom stereocenters. The molecule has 1 aliphatic carbocycles. The number of likely N-dealkylation sites (N-methyl/N-ethyl adjacent to an activating group) is 2. The van der Waals surface area contributed by atoms with E-state index in [0.29, 0.717) is 12.4 Å². The molecule has 0 spiro atoms. The minimum Gasteiger partial charge on any atom is -0.492 e. The van der Waals surface area contributed by atoms with Crippen LogP contribution in [0.5, 0.6) is 11.5 Å². The molecule has 0 aromatic heterocycles. The van der Waals surface area contributed by atoms with E-state index >= 15 is 0 Å². The largest absolute Gasteiger partial charge is 0.492 e. The third-order valence-electron chi connectivity index (χ3n) is 6.41. The van der Waals surface area contributed by atoms with Crippen LogP contribution in [0.15, 0.2) is 35.9 Å². The third-order valence-corrected chi connectivity index (χ3v) is 6.41. The van der Waals surface area contributed by atoms with E-state index in [1.54, 1.807) is 0 Å². The lowest BCUT2D eigenvalue weighted by atomic mass is 9.73. The molecule has 1 aromatic rings. The summed E-state index contributed by atoms with van der Waals surface area (Å²) in [6.07, 6.45) is 8.84. The Hall–Kier alpha value is -2.11. The second kappa shape index (κ2) is 13.7. The fourth-order valence-corrected chi connectivity index (χ4v) is 4.57. The van der Waals surface area contributed by atoms with Gasteiger partial charge in [0.2, 0.25) is 0 Å². The minimum absolute atomic E-state index is 0.0763. The molecule has 0 bridgehead atoms. The van der Waals surface area contributed by atoms with Crippen LogP contribution in [0.3, 0.4) is 0 Å². The number of unbranched alkanes of at least 4 members (excludes halogenated alkanes) is 2. The molecule has 0 amide bonds. The van der Waals surface area contributed by atoms with E-state index in [2.05, 4.69) is 50.5 Å². The Morgan fingerprint density at radius 1 is 1.12 bits per heavy atom. The Bertz CT molecular complexity index is 857. The number of hydrogen-bond donors (Lipinski definition) is 0. The van der Waals surface area contributed by atoms with Crippen molar-refractivity contribution in [2.75, 3.05) is 47.9 Å². The maximum Gasteiger partial charge on any atom is 0.325 e. The van der Waals surface area contributed by atoms with E-state index in [-0.39, 0.29) is 24.3 Å². The summed E-state index contributed by atoms with van der Waals surface area (Å²) in [4.78, 5) is 16.7. The summed E-state index contributed by atoms with van der Waals surface area (Å²) in [6, 6.07) is 4.25. The lowest BCUT2D eigenvalue weighted by Crippen LogP contribution is -2.27. The lowest BCUT2D eigenvalue weighted by Gasteiger charge is -2.33. The summed E-state index contributed by atoms with van der Waals surface area (Å²) in [5.74, 6) is 1.60. The van der Waals surface area contributed by atoms with Gasteiger partial charge in [-0.3, -0.25) is 9.69 Å². The number of esters is 1. The Balaban J connectivity index is 2.60. The zero-order chi connectivity index (χ0) is 25.3. The van der Waals surface area contributed by atoms with Gasteiger partial charge in [0, 0.05) is 18.0 Å². The Labute approximate surface area is 207 Å². The van der Waals surface area contributed by atoms with Crippen LogP contribution < -0.4 is 9.47 Å². The van der Waals surface area contributed by atoms with Crippen LogP contribution in [0.1, 0.15) is 69.9 Å². The number of aryl methyl sites for hydroxylation is 1. The molecule has 5 heteroatoms. The molecule has 1 aliphatic rings.